The summed E-state index contributed by atoms with van der Waals surface area (Å²) in [4.78, 5) is 12.4. The summed E-state index contributed by atoms with van der Waals surface area (Å²) in [7, 11) is 0. The molecule has 4 saturated carbocycles. The fourth-order valence-corrected chi connectivity index (χ4v) is 6.72. The number of thioether (sulfide) groups is 1. The molecule has 148 valence electrons. The van der Waals surface area contributed by atoms with Crippen LogP contribution < -0.4 is 5.32 Å². The molecule has 4 aliphatic rings. The summed E-state index contributed by atoms with van der Waals surface area (Å²) in [5.74, 6) is 3.74. The van der Waals surface area contributed by atoms with Crippen molar-refractivity contribution in [3.05, 3.63) is 41.8 Å². The van der Waals surface area contributed by atoms with Gasteiger partial charge in [-0.3, -0.25) is 4.79 Å². The van der Waals surface area contributed by atoms with Crippen molar-refractivity contribution in [3.63, 3.8) is 0 Å². The third-order valence-corrected chi connectivity index (χ3v) is 7.62. The fourth-order valence-electron chi connectivity index (χ4n) is 6.11. The number of rotatable bonds is 7. The number of aromatic nitrogens is 2. The monoisotopic (exact) mass is 397 g/mol. The molecule has 1 aromatic heterocycles. The van der Waals surface area contributed by atoms with Crippen molar-refractivity contribution in [2.75, 3.05) is 12.3 Å². The van der Waals surface area contributed by atoms with Gasteiger partial charge in [0.1, 0.15) is 0 Å². The number of hydrogen-bond acceptors (Lipinski definition) is 5. The summed E-state index contributed by atoms with van der Waals surface area (Å²) >= 11 is 1.32. The molecule has 0 saturated heterocycles. The quantitative estimate of drug-likeness (QED) is 0.713. The van der Waals surface area contributed by atoms with Gasteiger partial charge in [0.25, 0.3) is 5.22 Å². The minimum atomic E-state index is 0.0727. The Kier molecular flexibility index (Phi) is 4.91. The minimum absolute atomic E-state index is 0.0727. The molecule has 0 radical (unpaired) electrons. The lowest BCUT2D eigenvalue weighted by atomic mass is 9.49. The van der Waals surface area contributed by atoms with Gasteiger partial charge >= 0.3 is 0 Å². The van der Waals surface area contributed by atoms with Crippen molar-refractivity contribution in [1.29, 1.82) is 0 Å². The van der Waals surface area contributed by atoms with Gasteiger partial charge < -0.3 is 9.73 Å². The van der Waals surface area contributed by atoms with Crippen molar-refractivity contribution in [2.24, 2.45) is 23.2 Å². The molecule has 28 heavy (non-hydrogen) atoms. The second kappa shape index (κ2) is 7.54. The zero-order chi connectivity index (χ0) is 19.0. The average Bonchev–Trinajstić information content (AvgIpc) is 3.12. The van der Waals surface area contributed by atoms with Crippen LogP contribution in [0.1, 0.15) is 50.0 Å². The predicted molar refractivity (Wildman–Crippen MR) is 108 cm³/mol. The van der Waals surface area contributed by atoms with Crippen LogP contribution in [0.3, 0.4) is 0 Å². The van der Waals surface area contributed by atoms with Gasteiger partial charge in [0.2, 0.25) is 11.8 Å². The standard InChI is InChI=1S/C22H27N3O2S/c26-19(23-14-22-10-16-6-17(11-22)8-18(7-16)12-22)13-28-21-25-24-20(27-21)9-15-4-2-1-3-5-15/h1-5,16-18H,6-14H2,(H,23,26). The summed E-state index contributed by atoms with van der Waals surface area (Å²) in [5.41, 5.74) is 1.51. The van der Waals surface area contributed by atoms with E-state index in [0.717, 1.165) is 29.9 Å². The van der Waals surface area contributed by atoms with Crippen LogP contribution in [0.4, 0.5) is 0 Å². The molecule has 1 amide bonds. The van der Waals surface area contributed by atoms with E-state index >= 15 is 0 Å². The van der Waals surface area contributed by atoms with E-state index in [-0.39, 0.29) is 5.91 Å². The van der Waals surface area contributed by atoms with Gasteiger partial charge in [-0.15, -0.1) is 10.2 Å². The highest BCUT2D eigenvalue weighted by Crippen LogP contribution is 2.59. The molecule has 1 heterocycles. The Morgan fingerprint density at radius 2 is 1.75 bits per heavy atom. The highest BCUT2D eigenvalue weighted by molar-refractivity contribution is 7.99. The summed E-state index contributed by atoms with van der Waals surface area (Å²) < 4.78 is 5.68. The number of amides is 1. The smallest absolute Gasteiger partial charge is 0.277 e. The van der Waals surface area contributed by atoms with E-state index in [1.807, 2.05) is 30.3 Å². The van der Waals surface area contributed by atoms with Crippen LogP contribution in [0.5, 0.6) is 0 Å². The normalized spacial score (nSPS) is 30.5. The molecule has 1 N–H and O–H groups in total. The molecular weight excluding hydrogens is 370 g/mol. The van der Waals surface area contributed by atoms with E-state index in [1.54, 1.807) is 0 Å². The molecule has 2 aromatic rings. The molecule has 1 aromatic carbocycles. The zero-order valence-corrected chi connectivity index (χ0v) is 16.9. The maximum Gasteiger partial charge on any atom is 0.277 e. The van der Waals surface area contributed by atoms with Gasteiger partial charge in [-0.1, -0.05) is 42.1 Å². The summed E-state index contributed by atoms with van der Waals surface area (Å²) in [6.45, 7) is 0.846. The molecule has 0 atom stereocenters. The summed E-state index contributed by atoms with van der Waals surface area (Å²) in [6, 6.07) is 10.1. The highest BCUT2D eigenvalue weighted by atomic mass is 32.2. The maximum atomic E-state index is 12.4. The van der Waals surface area contributed by atoms with Crippen LogP contribution in [0.25, 0.3) is 0 Å². The first-order chi connectivity index (χ1) is 13.7. The van der Waals surface area contributed by atoms with Gasteiger partial charge in [0.05, 0.1) is 12.2 Å². The average molecular weight is 398 g/mol. The second-order valence-electron chi connectivity index (χ2n) is 9.11. The SMILES string of the molecule is O=C(CSc1nnc(Cc2ccccc2)o1)NCC12CC3CC(CC(C3)C1)C2. The van der Waals surface area contributed by atoms with E-state index in [1.165, 1.54) is 50.3 Å². The Bertz CT molecular complexity index is 800. The fraction of sp³-hybridized carbons (Fsp3) is 0.591. The molecule has 6 heteroatoms. The van der Waals surface area contributed by atoms with Crippen molar-refractivity contribution >= 4 is 17.7 Å². The molecule has 6 rings (SSSR count). The Morgan fingerprint density at radius 1 is 1.07 bits per heavy atom. The van der Waals surface area contributed by atoms with Crippen LogP contribution in [0.15, 0.2) is 40.0 Å². The first-order valence-electron chi connectivity index (χ1n) is 10.4. The lowest BCUT2D eigenvalue weighted by Gasteiger charge is -2.56. The molecule has 0 spiro atoms. The van der Waals surface area contributed by atoms with Crippen molar-refractivity contribution in [2.45, 2.75) is 50.2 Å². The zero-order valence-electron chi connectivity index (χ0n) is 16.1. The van der Waals surface area contributed by atoms with E-state index < -0.39 is 0 Å². The van der Waals surface area contributed by atoms with Crippen LogP contribution in [0, 0.1) is 23.2 Å². The lowest BCUT2D eigenvalue weighted by Crippen LogP contribution is -2.51. The molecule has 4 aliphatic carbocycles. The van der Waals surface area contributed by atoms with Crippen molar-refractivity contribution < 1.29 is 9.21 Å². The van der Waals surface area contributed by atoms with Crippen LogP contribution >= 0.6 is 11.8 Å². The number of carbonyl (C=O) groups excluding carboxylic acids is 1. The number of carbonyl (C=O) groups is 1. The molecule has 4 bridgehead atoms. The van der Waals surface area contributed by atoms with E-state index in [9.17, 15) is 4.79 Å². The Labute approximate surface area is 170 Å². The predicted octanol–water partition coefficient (Wildman–Crippen LogP) is 4.09. The Balaban J connectivity index is 1.09. The van der Waals surface area contributed by atoms with Crippen LogP contribution in [0.2, 0.25) is 0 Å². The molecule has 0 unspecified atom stereocenters. The van der Waals surface area contributed by atoms with E-state index in [0.29, 0.717) is 28.7 Å². The Morgan fingerprint density at radius 3 is 2.43 bits per heavy atom. The third kappa shape index (κ3) is 3.97. The number of nitrogens with one attached hydrogen (secondary N) is 1. The first kappa shape index (κ1) is 18.2. The number of nitrogens with zero attached hydrogens (tertiary/aromatic N) is 2. The largest absolute Gasteiger partial charge is 0.416 e. The molecule has 4 fully saturated rings. The topological polar surface area (TPSA) is 68.0 Å². The number of hydrogen-bond donors (Lipinski definition) is 1. The summed E-state index contributed by atoms with van der Waals surface area (Å²) in [5, 5.41) is 11.8. The van der Waals surface area contributed by atoms with Gasteiger partial charge in [-0.25, -0.2) is 0 Å². The van der Waals surface area contributed by atoms with E-state index in [4.69, 9.17) is 4.42 Å². The minimum Gasteiger partial charge on any atom is -0.416 e. The lowest BCUT2D eigenvalue weighted by molar-refractivity contribution is -0.120. The van der Waals surface area contributed by atoms with Gasteiger partial charge in [-0.2, -0.15) is 0 Å². The Hall–Kier alpha value is -1.82. The van der Waals surface area contributed by atoms with Crippen LogP contribution in [-0.2, 0) is 11.2 Å². The maximum absolute atomic E-state index is 12.4. The van der Waals surface area contributed by atoms with E-state index in [2.05, 4.69) is 15.5 Å². The second-order valence-corrected chi connectivity index (χ2v) is 10.0. The summed E-state index contributed by atoms with van der Waals surface area (Å²) in [6.07, 6.45) is 8.88. The number of benzene rings is 1. The van der Waals surface area contributed by atoms with Crippen LogP contribution in [-0.4, -0.2) is 28.4 Å². The van der Waals surface area contributed by atoms with Gasteiger partial charge in [-0.05, 0) is 67.3 Å². The third-order valence-electron chi connectivity index (χ3n) is 6.80. The first-order valence-corrected chi connectivity index (χ1v) is 11.4. The van der Waals surface area contributed by atoms with Crippen molar-refractivity contribution in [3.8, 4) is 0 Å². The molecular formula is C22H27N3O2S. The molecule has 5 nitrogen and oxygen atoms in total. The van der Waals surface area contributed by atoms with Gasteiger partial charge in [0.15, 0.2) is 0 Å². The molecule has 0 aliphatic heterocycles. The van der Waals surface area contributed by atoms with Gasteiger partial charge in [0, 0.05) is 6.54 Å². The van der Waals surface area contributed by atoms with Crippen molar-refractivity contribution in [1.82, 2.24) is 15.5 Å². The highest BCUT2D eigenvalue weighted by Gasteiger charge is 2.50.